The second kappa shape index (κ2) is 4.12. The van der Waals surface area contributed by atoms with Crippen molar-refractivity contribution in [3.8, 4) is 0 Å². The van der Waals surface area contributed by atoms with Gasteiger partial charge in [0.15, 0.2) is 0 Å². The third-order valence-corrected chi connectivity index (χ3v) is 3.81. The largest absolute Gasteiger partial charge is 0.481 e. The lowest BCUT2D eigenvalue weighted by atomic mass is 9.96. The van der Waals surface area contributed by atoms with Crippen LogP contribution in [0.25, 0.3) is 11.0 Å². The normalized spacial score (nSPS) is 16.9. The zero-order chi connectivity index (χ0) is 12.6. The van der Waals surface area contributed by atoms with Crippen molar-refractivity contribution in [2.45, 2.75) is 32.1 Å². The van der Waals surface area contributed by atoms with Gasteiger partial charge in [0.05, 0.1) is 17.5 Å². The van der Waals surface area contributed by atoms with Crippen molar-refractivity contribution < 1.29 is 9.90 Å². The number of imidazole rings is 1. The van der Waals surface area contributed by atoms with E-state index in [-0.39, 0.29) is 5.41 Å². The molecule has 0 amide bonds. The van der Waals surface area contributed by atoms with Crippen LogP contribution in [0.5, 0.6) is 0 Å². The Morgan fingerprint density at radius 2 is 2.17 bits per heavy atom. The molecular weight excluding hydrogens is 228 g/mol. The third kappa shape index (κ3) is 2.23. The molecule has 1 aromatic heterocycles. The molecule has 1 fully saturated rings. The van der Waals surface area contributed by atoms with E-state index in [0.717, 1.165) is 42.5 Å². The number of H-pyrrole nitrogens is 1. The van der Waals surface area contributed by atoms with Crippen LogP contribution in [0, 0.1) is 5.41 Å². The molecule has 0 aliphatic heterocycles. The summed E-state index contributed by atoms with van der Waals surface area (Å²) in [5.74, 6) is 0.282. The molecular formula is C14H16N2O2. The van der Waals surface area contributed by atoms with Gasteiger partial charge >= 0.3 is 5.97 Å². The fraction of sp³-hybridized carbons (Fsp3) is 0.429. The molecule has 4 nitrogen and oxygen atoms in total. The number of benzene rings is 1. The van der Waals surface area contributed by atoms with Gasteiger partial charge in [-0.25, -0.2) is 4.98 Å². The summed E-state index contributed by atoms with van der Waals surface area (Å²) in [5.41, 5.74) is 2.08. The number of hydrogen-bond acceptors (Lipinski definition) is 2. The van der Waals surface area contributed by atoms with Gasteiger partial charge in [-0.3, -0.25) is 4.79 Å². The predicted molar refractivity (Wildman–Crippen MR) is 68.3 cm³/mol. The Morgan fingerprint density at radius 1 is 1.39 bits per heavy atom. The Balaban J connectivity index is 1.68. The molecule has 1 aliphatic carbocycles. The highest BCUT2D eigenvalue weighted by atomic mass is 16.4. The maximum Gasteiger partial charge on any atom is 0.303 e. The first-order valence-electron chi connectivity index (χ1n) is 6.32. The molecule has 0 bridgehead atoms. The van der Waals surface area contributed by atoms with Crippen molar-refractivity contribution in [1.29, 1.82) is 0 Å². The summed E-state index contributed by atoms with van der Waals surface area (Å²) in [5, 5.41) is 8.88. The molecule has 2 N–H and O–H groups in total. The third-order valence-electron chi connectivity index (χ3n) is 3.81. The molecule has 94 valence electrons. The van der Waals surface area contributed by atoms with Crippen LogP contribution in [0.3, 0.4) is 0 Å². The first kappa shape index (κ1) is 11.3. The van der Waals surface area contributed by atoms with Gasteiger partial charge < -0.3 is 10.1 Å². The standard InChI is InChI=1S/C14H16N2O2/c17-13(18)9-14(7-8-14)6-5-12-15-10-3-1-2-4-11(10)16-12/h1-4H,5-9H2,(H,15,16)(H,17,18). The Kier molecular flexibility index (Phi) is 2.58. The van der Waals surface area contributed by atoms with Crippen LogP contribution >= 0.6 is 0 Å². The van der Waals surface area contributed by atoms with Gasteiger partial charge in [-0.2, -0.15) is 0 Å². The number of rotatable bonds is 5. The van der Waals surface area contributed by atoms with E-state index in [2.05, 4.69) is 9.97 Å². The number of hydrogen-bond donors (Lipinski definition) is 2. The van der Waals surface area contributed by atoms with E-state index in [9.17, 15) is 4.79 Å². The number of para-hydroxylation sites is 2. The topological polar surface area (TPSA) is 66.0 Å². The number of carboxylic acid groups (broad SMARTS) is 1. The lowest BCUT2D eigenvalue weighted by Crippen LogP contribution is -2.09. The SMILES string of the molecule is O=C(O)CC1(CCc2nc3ccccc3[nH]2)CC1. The zero-order valence-electron chi connectivity index (χ0n) is 10.1. The quantitative estimate of drug-likeness (QED) is 0.849. The average molecular weight is 244 g/mol. The number of carboxylic acids is 1. The van der Waals surface area contributed by atoms with Crippen molar-refractivity contribution in [2.24, 2.45) is 5.41 Å². The Bertz CT molecular complexity index is 551. The number of nitrogens with zero attached hydrogens (tertiary/aromatic N) is 1. The second-order valence-electron chi connectivity index (χ2n) is 5.27. The van der Waals surface area contributed by atoms with E-state index in [1.807, 2.05) is 24.3 Å². The van der Waals surface area contributed by atoms with Crippen molar-refractivity contribution in [1.82, 2.24) is 9.97 Å². The van der Waals surface area contributed by atoms with E-state index < -0.39 is 5.97 Å². The fourth-order valence-electron chi connectivity index (χ4n) is 2.52. The highest BCUT2D eigenvalue weighted by Crippen LogP contribution is 2.52. The van der Waals surface area contributed by atoms with Gasteiger partial charge in [0, 0.05) is 6.42 Å². The van der Waals surface area contributed by atoms with Gasteiger partial charge in [-0.15, -0.1) is 0 Å². The van der Waals surface area contributed by atoms with Crippen LogP contribution in [0.1, 0.15) is 31.5 Å². The molecule has 1 heterocycles. The molecule has 0 atom stereocenters. The van der Waals surface area contributed by atoms with E-state index in [1.54, 1.807) is 0 Å². The minimum absolute atomic E-state index is 0.0464. The van der Waals surface area contributed by atoms with Crippen molar-refractivity contribution in [2.75, 3.05) is 0 Å². The molecule has 4 heteroatoms. The fourth-order valence-corrected chi connectivity index (χ4v) is 2.52. The summed E-state index contributed by atoms with van der Waals surface area (Å²) in [6.07, 6.45) is 4.13. The van der Waals surface area contributed by atoms with Gasteiger partial charge in [0.2, 0.25) is 0 Å². The average Bonchev–Trinajstić information content (AvgIpc) is 2.95. The van der Waals surface area contributed by atoms with E-state index in [4.69, 9.17) is 5.11 Å². The summed E-state index contributed by atoms with van der Waals surface area (Å²) >= 11 is 0. The van der Waals surface area contributed by atoms with Gasteiger partial charge in [-0.05, 0) is 36.8 Å². The first-order valence-corrected chi connectivity index (χ1v) is 6.32. The smallest absolute Gasteiger partial charge is 0.303 e. The number of aryl methyl sites for hydroxylation is 1. The van der Waals surface area contributed by atoms with E-state index in [0.29, 0.717) is 6.42 Å². The van der Waals surface area contributed by atoms with E-state index in [1.165, 1.54) is 0 Å². The second-order valence-corrected chi connectivity index (χ2v) is 5.27. The van der Waals surface area contributed by atoms with Crippen molar-refractivity contribution >= 4 is 17.0 Å². The molecule has 1 aromatic carbocycles. The zero-order valence-corrected chi connectivity index (χ0v) is 10.1. The lowest BCUT2D eigenvalue weighted by Gasteiger charge is -2.10. The van der Waals surface area contributed by atoms with Crippen LogP contribution in [-0.2, 0) is 11.2 Å². The molecule has 0 spiro atoms. The molecule has 1 saturated carbocycles. The molecule has 0 radical (unpaired) electrons. The number of carbonyl (C=O) groups is 1. The molecule has 3 rings (SSSR count). The summed E-state index contributed by atoms with van der Waals surface area (Å²) in [4.78, 5) is 18.6. The van der Waals surface area contributed by atoms with Crippen molar-refractivity contribution in [3.63, 3.8) is 0 Å². The summed E-state index contributed by atoms with van der Waals surface area (Å²) in [7, 11) is 0. The van der Waals surface area contributed by atoms with Crippen LogP contribution in [-0.4, -0.2) is 21.0 Å². The summed E-state index contributed by atoms with van der Waals surface area (Å²) in [6.45, 7) is 0. The lowest BCUT2D eigenvalue weighted by molar-refractivity contribution is -0.138. The predicted octanol–water partition coefficient (Wildman–Crippen LogP) is 2.75. The Labute approximate surface area is 105 Å². The molecule has 18 heavy (non-hydrogen) atoms. The van der Waals surface area contributed by atoms with E-state index >= 15 is 0 Å². The number of nitrogens with one attached hydrogen (secondary N) is 1. The highest BCUT2D eigenvalue weighted by molar-refractivity contribution is 5.74. The molecule has 0 unspecified atom stereocenters. The van der Waals surface area contributed by atoms with Crippen molar-refractivity contribution in [3.05, 3.63) is 30.1 Å². The summed E-state index contributed by atoms with van der Waals surface area (Å²) in [6, 6.07) is 7.95. The van der Waals surface area contributed by atoms with Crippen LogP contribution in [0.2, 0.25) is 0 Å². The maximum atomic E-state index is 10.8. The summed E-state index contributed by atoms with van der Waals surface area (Å²) < 4.78 is 0. The maximum absolute atomic E-state index is 10.8. The first-order chi connectivity index (χ1) is 8.67. The minimum Gasteiger partial charge on any atom is -0.481 e. The van der Waals surface area contributed by atoms with Gasteiger partial charge in [0.25, 0.3) is 0 Å². The Morgan fingerprint density at radius 3 is 2.83 bits per heavy atom. The number of fused-ring (bicyclic) bond motifs is 1. The molecule has 2 aromatic rings. The number of aromatic amines is 1. The monoisotopic (exact) mass is 244 g/mol. The minimum atomic E-state index is -0.683. The van der Waals surface area contributed by atoms with Gasteiger partial charge in [0.1, 0.15) is 5.82 Å². The number of aromatic nitrogens is 2. The highest BCUT2D eigenvalue weighted by Gasteiger charge is 2.43. The molecule has 0 saturated heterocycles. The van der Waals surface area contributed by atoms with Crippen LogP contribution < -0.4 is 0 Å². The Hall–Kier alpha value is -1.84. The number of aliphatic carboxylic acids is 1. The van der Waals surface area contributed by atoms with Crippen LogP contribution in [0.4, 0.5) is 0 Å². The molecule has 1 aliphatic rings. The van der Waals surface area contributed by atoms with Crippen LogP contribution in [0.15, 0.2) is 24.3 Å². The van der Waals surface area contributed by atoms with Gasteiger partial charge in [-0.1, -0.05) is 12.1 Å².